The average Bonchev–Trinajstić information content (AvgIpc) is 2.59. The number of amides is 1. The maximum atomic E-state index is 12.3. The van der Waals surface area contributed by atoms with E-state index in [2.05, 4.69) is 5.32 Å². The van der Waals surface area contributed by atoms with Crippen molar-refractivity contribution in [3.63, 3.8) is 0 Å². The number of carboxylic acids is 1. The largest absolute Gasteiger partial charge is 0.507 e. The molecular weight excluding hydrogens is 358 g/mol. The molecule has 0 aliphatic carbocycles. The summed E-state index contributed by atoms with van der Waals surface area (Å²) in [6.45, 7) is 7.29. The number of benzene rings is 1. The van der Waals surface area contributed by atoms with Crippen molar-refractivity contribution in [3.8, 4) is 5.75 Å². The monoisotopic (exact) mass is 385 g/mol. The van der Waals surface area contributed by atoms with Gasteiger partial charge in [-0.1, -0.05) is 6.07 Å². The number of hydrogen-bond acceptors (Lipinski definition) is 6. The zero-order valence-corrected chi connectivity index (χ0v) is 16.4. The summed E-state index contributed by atoms with van der Waals surface area (Å²) in [5.41, 5.74) is -0.493. The molecule has 0 fully saturated rings. The fraction of sp³-hybridized carbons (Fsp3) is 0.529. The Morgan fingerprint density at radius 1 is 1.08 bits per heavy atom. The van der Waals surface area contributed by atoms with Gasteiger partial charge in [0.05, 0.1) is 11.1 Å². The molecule has 0 bridgehead atoms. The highest BCUT2D eigenvalue weighted by Gasteiger charge is 2.39. The summed E-state index contributed by atoms with van der Waals surface area (Å²) in [5.74, 6) is -2.29. The molecule has 0 saturated carbocycles. The van der Waals surface area contributed by atoms with E-state index in [-0.39, 0.29) is 23.4 Å². The molecule has 146 valence electrons. The molecule has 1 aromatic rings. The highest BCUT2D eigenvalue weighted by molar-refractivity contribution is 6.60. The number of carbonyl (C=O) groups excluding carboxylic acids is 1. The Labute approximate surface area is 154 Å². The normalized spacial score (nSPS) is 11.3. The number of carboxylic acid groups (broad SMARTS) is 1. The van der Waals surface area contributed by atoms with Gasteiger partial charge in [0.25, 0.3) is 5.91 Å². The molecule has 0 atom stereocenters. The zero-order chi connectivity index (χ0) is 19.6. The van der Waals surface area contributed by atoms with E-state index in [0.717, 1.165) is 0 Å². The molecule has 3 N–H and O–H groups in total. The van der Waals surface area contributed by atoms with E-state index in [1.54, 1.807) is 0 Å². The first-order valence-corrected chi connectivity index (χ1v) is 10.6. The number of rotatable bonds is 12. The van der Waals surface area contributed by atoms with Gasteiger partial charge in [-0.05, 0) is 39.3 Å². The Kier molecular flexibility index (Phi) is 9.28. The third-order valence-corrected chi connectivity index (χ3v) is 6.69. The molecular formula is C17H27NO7Si. The van der Waals surface area contributed by atoms with Gasteiger partial charge in [-0.3, -0.25) is 4.79 Å². The minimum atomic E-state index is -2.78. The summed E-state index contributed by atoms with van der Waals surface area (Å²) in [7, 11) is -2.78. The third kappa shape index (κ3) is 6.10. The van der Waals surface area contributed by atoms with Gasteiger partial charge >= 0.3 is 14.8 Å². The van der Waals surface area contributed by atoms with E-state index in [0.29, 0.717) is 32.3 Å². The average molecular weight is 385 g/mol. The molecule has 0 aliphatic rings. The highest BCUT2D eigenvalue weighted by Crippen LogP contribution is 2.21. The SMILES string of the molecule is CCO[Si](CCCNC(=O)c1c(O)cccc1C(=O)O)(OCC)OCC. The van der Waals surface area contributed by atoms with Gasteiger partial charge in [-0.15, -0.1) is 0 Å². The lowest BCUT2D eigenvalue weighted by atomic mass is 10.1. The molecule has 0 aromatic heterocycles. The van der Waals surface area contributed by atoms with Crippen molar-refractivity contribution >= 4 is 20.7 Å². The van der Waals surface area contributed by atoms with Gasteiger partial charge in [-0.25, -0.2) is 4.79 Å². The van der Waals surface area contributed by atoms with Crippen LogP contribution in [0.15, 0.2) is 18.2 Å². The predicted molar refractivity (Wildman–Crippen MR) is 97.5 cm³/mol. The second-order valence-electron chi connectivity index (χ2n) is 5.35. The molecule has 0 heterocycles. The summed E-state index contributed by atoms with van der Waals surface area (Å²) in [6.07, 6.45) is 0.536. The summed E-state index contributed by atoms with van der Waals surface area (Å²) in [6, 6.07) is 4.45. The summed E-state index contributed by atoms with van der Waals surface area (Å²) >= 11 is 0. The van der Waals surface area contributed by atoms with Crippen molar-refractivity contribution in [2.24, 2.45) is 0 Å². The lowest BCUT2D eigenvalue weighted by Crippen LogP contribution is -2.46. The smallest absolute Gasteiger partial charge is 0.500 e. The third-order valence-electron chi connectivity index (χ3n) is 3.54. The van der Waals surface area contributed by atoms with Gasteiger partial charge in [-0.2, -0.15) is 0 Å². The van der Waals surface area contributed by atoms with Crippen molar-refractivity contribution in [2.45, 2.75) is 33.2 Å². The predicted octanol–water partition coefficient (Wildman–Crippen LogP) is 2.26. The van der Waals surface area contributed by atoms with E-state index in [1.807, 2.05) is 20.8 Å². The van der Waals surface area contributed by atoms with Crippen LogP contribution in [0.5, 0.6) is 5.75 Å². The molecule has 1 aromatic carbocycles. The van der Waals surface area contributed by atoms with Crippen LogP contribution in [-0.2, 0) is 13.3 Å². The molecule has 0 aliphatic heterocycles. The number of aromatic carboxylic acids is 1. The van der Waals surface area contributed by atoms with E-state index in [9.17, 15) is 14.7 Å². The number of carbonyl (C=O) groups is 2. The molecule has 1 amide bonds. The first-order chi connectivity index (χ1) is 12.4. The van der Waals surface area contributed by atoms with E-state index >= 15 is 0 Å². The summed E-state index contributed by atoms with van der Waals surface area (Å²) in [4.78, 5) is 23.5. The summed E-state index contributed by atoms with van der Waals surface area (Å²) in [5, 5.41) is 21.6. The van der Waals surface area contributed by atoms with Crippen LogP contribution in [0.4, 0.5) is 0 Å². The van der Waals surface area contributed by atoms with Crippen molar-refractivity contribution < 1.29 is 33.1 Å². The second kappa shape index (κ2) is 10.9. The lowest BCUT2D eigenvalue weighted by molar-refractivity contribution is 0.0689. The Hall–Kier alpha value is -1.94. The minimum Gasteiger partial charge on any atom is -0.507 e. The van der Waals surface area contributed by atoms with Gasteiger partial charge in [0.15, 0.2) is 0 Å². The van der Waals surface area contributed by atoms with Crippen molar-refractivity contribution in [2.75, 3.05) is 26.4 Å². The Balaban J connectivity index is 2.70. The quantitative estimate of drug-likeness (QED) is 0.373. The molecule has 0 saturated heterocycles. The van der Waals surface area contributed by atoms with Crippen LogP contribution < -0.4 is 5.32 Å². The maximum absolute atomic E-state index is 12.3. The van der Waals surface area contributed by atoms with Crippen LogP contribution in [0.1, 0.15) is 47.9 Å². The fourth-order valence-corrected chi connectivity index (χ4v) is 5.17. The zero-order valence-electron chi connectivity index (χ0n) is 15.4. The molecule has 9 heteroatoms. The van der Waals surface area contributed by atoms with Gasteiger partial charge in [0, 0.05) is 32.4 Å². The maximum Gasteiger partial charge on any atom is 0.500 e. The Morgan fingerprint density at radius 3 is 2.15 bits per heavy atom. The Morgan fingerprint density at radius 2 is 1.65 bits per heavy atom. The summed E-state index contributed by atoms with van der Waals surface area (Å²) < 4.78 is 17.2. The number of hydrogen-bond donors (Lipinski definition) is 3. The first-order valence-electron chi connectivity index (χ1n) is 8.66. The fourth-order valence-electron chi connectivity index (χ4n) is 2.55. The van der Waals surface area contributed by atoms with Crippen molar-refractivity contribution in [1.82, 2.24) is 5.32 Å². The second-order valence-corrected chi connectivity index (χ2v) is 8.08. The molecule has 26 heavy (non-hydrogen) atoms. The van der Waals surface area contributed by atoms with Gasteiger partial charge in [0.1, 0.15) is 5.75 Å². The molecule has 0 unspecified atom stereocenters. The van der Waals surface area contributed by atoms with Crippen LogP contribution in [0, 0.1) is 0 Å². The topological polar surface area (TPSA) is 114 Å². The van der Waals surface area contributed by atoms with Crippen molar-refractivity contribution in [1.29, 1.82) is 0 Å². The van der Waals surface area contributed by atoms with Crippen molar-refractivity contribution in [3.05, 3.63) is 29.3 Å². The van der Waals surface area contributed by atoms with Gasteiger partial charge in [0.2, 0.25) is 0 Å². The molecule has 1 rings (SSSR count). The number of phenolic OH excluding ortho intramolecular Hbond substituents is 1. The van der Waals surface area contributed by atoms with Crippen LogP contribution in [-0.4, -0.2) is 57.3 Å². The van der Waals surface area contributed by atoms with Crippen LogP contribution >= 0.6 is 0 Å². The number of aromatic hydroxyl groups is 1. The number of phenols is 1. The van der Waals surface area contributed by atoms with E-state index < -0.39 is 20.7 Å². The molecule has 0 radical (unpaired) electrons. The minimum absolute atomic E-state index is 0.246. The van der Waals surface area contributed by atoms with Crippen LogP contribution in [0.25, 0.3) is 0 Å². The van der Waals surface area contributed by atoms with E-state index in [4.69, 9.17) is 18.4 Å². The lowest BCUT2D eigenvalue weighted by Gasteiger charge is -2.28. The van der Waals surface area contributed by atoms with E-state index in [1.165, 1.54) is 18.2 Å². The highest BCUT2D eigenvalue weighted by atomic mass is 28.4. The van der Waals surface area contributed by atoms with Gasteiger partial charge < -0.3 is 28.8 Å². The standard InChI is InChI=1S/C17H27NO7Si/c1-4-23-26(24-5-2,25-6-3)12-8-11-18-16(20)15-13(17(21)22)9-7-10-14(15)19/h7,9-10,19H,4-6,8,11-12H2,1-3H3,(H,18,20)(H,21,22). The number of nitrogens with one attached hydrogen (secondary N) is 1. The van der Waals surface area contributed by atoms with Crippen LogP contribution in [0.3, 0.4) is 0 Å². The molecule has 0 spiro atoms. The van der Waals surface area contributed by atoms with Crippen LogP contribution in [0.2, 0.25) is 6.04 Å². The first kappa shape index (κ1) is 22.1. The Bertz CT molecular complexity index is 592. The molecule has 8 nitrogen and oxygen atoms in total.